The Bertz CT molecular complexity index is 370. The quantitative estimate of drug-likeness (QED) is 0.698. The highest BCUT2D eigenvalue weighted by Gasteiger charge is 2.32. The van der Waals surface area contributed by atoms with Crippen LogP contribution < -0.4 is 0 Å². The molecular weight excluding hydrogens is 344 g/mol. The zero-order chi connectivity index (χ0) is 21.8. The van der Waals surface area contributed by atoms with Gasteiger partial charge < -0.3 is 0 Å². The van der Waals surface area contributed by atoms with Crippen LogP contribution in [-0.4, -0.2) is 94.1 Å². The molecule has 2 aliphatic rings. The molecule has 0 aliphatic carbocycles. The molecule has 28 heavy (non-hydrogen) atoms. The molecule has 0 saturated carbocycles. The Morgan fingerprint density at radius 2 is 0.643 bits per heavy atom. The standard InChI is InChI=1S/2C12H26N2/c2*1-9(2)13-7-11(5)14(10(3)4)12(6)8-13/h2*9-12H,7-8H2,1-6H3/t11-,12+;11-,12-/m.0/s1. The minimum Gasteiger partial charge on any atom is -0.298 e. The number of rotatable bonds is 4. The van der Waals surface area contributed by atoms with Crippen molar-refractivity contribution in [2.45, 2.75) is 131 Å². The maximum atomic E-state index is 2.64. The van der Waals surface area contributed by atoms with Crippen LogP contribution in [0.1, 0.15) is 83.1 Å². The van der Waals surface area contributed by atoms with Gasteiger partial charge in [0, 0.05) is 74.5 Å². The summed E-state index contributed by atoms with van der Waals surface area (Å²) < 4.78 is 0. The molecule has 2 saturated heterocycles. The average Bonchev–Trinajstić information content (AvgIpc) is 2.53. The lowest BCUT2D eigenvalue weighted by Crippen LogP contribution is -2.60. The number of hydrogen-bond donors (Lipinski definition) is 0. The van der Waals surface area contributed by atoms with Crippen LogP contribution in [0.25, 0.3) is 0 Å². The van der Waals surface area contributed by atoms with E-state index in [-0.39, 0.29) is 0 Å². The van der Waals surface area contributed by atoms with E-state index in [0.717, 1.165) is 0 Å². The summed E-state index contributed by atoms with van der Waals surface area (Å²) in [5.74, 6) is 0. The third-order valence-corrected chi connectivity index (χ3v) is 6.68. The molecule has 0 spiro atoms. The van der Waals surface area contributed by atoms with E-state index in [2.05, 4.69) is 103 Å². The molecular formula is C24H52N4. The van der Waals surface area contributed by atoms with Gasteiger partial charge in [-0.15, -0.1) is 0 Å². The van der Waals surface area contributed by atoms with Crippen LogP contribution in [-0.2, 0) is 0 Å². The summed E-state index contributed by atoms with van der Waals surface area (Å²) in [6.45, 7) is 32.7. The van der Waals surface area contributed by atoms with E-state index in [1.165, 1.54) is 26.2 Å². The highest BCUT2D eigenvalue weighted by Crippen LogP contribution is 2.21. The first-order valence-electron chi connectivity index (χ1n) is 11.9. The van der Waals surface area contributed by atoms with Gasteiger partial charge in [0.05, 0.1) is 0 Å². The van der Waals surface area contributed by atoms with Crippen LogP contribution in [0.2, 0.25) is 0 Å². The van der Waals surface area contributed by atoms with E-state index in [9.17, 15) is 0 Å². The lowest BCUT2D eigenvalue weighted by atomic mass is 10.0. The van der Waals surface area contributed by atoms with Gasteiger partial charge >= 0.3 is 0 Å². The molecule has 4 nitrogen and oxygen atoms in total. The van der Waals surface area contributed by atoms with Crippen LogP contribution >= 0.6 is 0 Å². The van der Waals surface area contributed by atoms with Crippen molar-refractivity contribution in [2.24, 2.45) is 0 Å². The first-order valence-corrected chi connectivity index (χ1v) is 11.9. The van der Waals surface area contributed by atoms with Crippen molar-refractivity contribution in [3.8, 4) is 0 Å². The van der Waals surface area contributed by atoms with Crippen molar-refractivity contribution in [3.05, 3.63) is 0 Å². The van der Waals surface area contributed by atoms with Crippen molar-refractivity contribution < 1.29 is 0 Å². The zero-order valence-corrected chi connectivity index (χ0v) is 21.2. The van der Waals surface area contributed by atoms with Gasteiger partial charge in [-0.25, -0.2) is 0 Å². The molecule has 0 aromatic rings. The second-order valence-corrected chi connectivity index (χ2v) is 10.6. The first-order chi connectivity index (χ1) is 12.9. The predicted octanol–water partition coefficient (Wildman–Crippen LogP) is 4.40. The lowest BCUT2D eigenvalue weighted by molar-refractivity contribution is 0.00386. The van der Waals surface area contributed by atoms with Gasteiger partial charge in [-0.2, -0.15) is 0 Å². The maximum absolute atomic E-state index is 2.64. The number of nitrogens with zero attached hydrogens (tertiary/aromatic N) is 4. The van der Waals surface area contributed by atoms with E-state index in [1.54, 1.807) is 0 Å². The van der Waals surface area contributed by atoms with E-state index in [4.69, 9.17) is 0 Å². The van der Waals surface area contributed by atoms with Gasteiger partial charge in [0.2, 0.25) is 0 Å². The summed E-state index contributed by atoms with van der Waals surface area (Å²) in [7, 11) is 0. The first kappa shape index (κ1) is 25.9. The third-order valence-electron chi connectivity index (χ3n) is 6.68. The molecule has 2 heterocycles. The minimum atomic E-state index is 0.675. The molecule has 0 unspecified atom stereocenters. The Kier molecular flexibility index (Phi) is 10.4. The molecule has 168 valence electrons. The van der Waals surface area contributed by atoms with Crippen molar-refractivity contribution in [1.82, 2.24) is 19.6 Å². The fourth-order valence-electron chi connectivity index (χ4n) is 5.63. The van der Waals surface area contributed by atoms with Gasteiger partial charge in [0.25, 0.3) is 0 Å². The number of piperazine rings is 2. The summed E-state index contributed by atoms with van der Waals surface area (Å²) >= 11 is 0. The third kappa shape index (κ3) is 6.97. The summed E-state index contributed by atoms with van der Waals surface area (Å²) in [6.07, 6.45) is 0. The Morgan fingerprint density at radius 3 is 0.786 bits per heavy atom. The van der Waals surface area contributed by atoms with Crippen molar-refractivity contribution >= 4 is 0 Å². The van der Waals surface area contributed by atoms with Crippen molar-refractivity contribution in [1.29, 1.82) is 0 Å². The lowest BCUT2D eigenvalue weighted by Gasteiger charge is -2.48. The molecule has 0 radical (unpaired) electrons. The van der Waals surface area contributed by atoms with Gasteiger partial charge in [-0.05, 0) is 83.1 Å². The van der Waals surface area contributed by atoms with Crippen LogP contribution in [0, 0.1) is 0 Å². The Balaban J connectivity index is 0.000000280. The molecule has 2 fully saturated rings. The molecule has 0 N–H and O–H groups in total. The van der Waals surface area contributed by atoms with Crippen LogP contribution in [0.3, 0.4) is 0 Å². The van der Waals surface area contributed by atoms with Crippen LogP contribution in [0.5, 0.6) is 0 Å². The SMILES string of the molecule is CC(C)N1C[C@@H](C)N(C(C)C)[C@@H](C)C1.CC(C)N1C[C@H](C)N(C(C)C)[C@@H](C)C1. The molecule has 2 rings (SSSR count). The molecule has 4 heteroatoms. The van der Waals surface area contributed by atoms with Crippen molar-refractivity contribution in [2.75, 3.05) is 26.2 Å². The van der Waals surface area contributed by atoms with Crippen LogP contribution in [0.4, 0.5) is 0 Å². The summed E-state index contributed by atoms with van der Waals surface area (Å²) in [5, 5.41) is 0. The topological polar surface area (TPSA) is 13.0 Å². The van der Waals surface area contributed by atoms with Crippen molar-refractivity contribution in [3.63, 3.8) is 0 Å². The highest BCUT2D eigenvalue weighted by atomic mass is 15.3. The van der Waals surface area contributed by atoms with E-state index in [0.29, 0.717) is 48.3 Å². The largest absolute Gasteiger partial charge is 0.298 e. The number of hydrogen-bond acceptors (Lipinski definition) is 4. The molecule has 0 bridgehead atoms. The van der Waals surface area contributed by atoms with Gasteiger partial charge in [0.15, 0.2) is 0 Å². The molecule has 0 aromatic carbocycles. The second-order valence-electron chi connectivity index (χ2n) is 10.6. The fraction of sp³-hybridized carbons (Fsp3) is 1.00. The van der Waals surface area contributed by atoms with Gasteiger partial charge in [-0.1, -0.05) is 0 Å². The maximum Gasteiger partial charge on any atom is 0.0201 e. The fourth-order valence-corrected chi connectivity index (χ4v) is 5.63. The highest BCUT2D eigenvalue weighted by molar-refractivity contribution is 4.88. The molecule has 0 aromatic heterocycles. The summed E-state index contributed by atoms with van der Waals surface area (Å²) in [6, 6.07) is 5.51. The van der Waals surface area contributed by atoms with E-state index in [1.807, 2.05) is 0 Å². The Labute approximate surface area is 177 Å². The van der Waals surface area contributed by atoms with Gasteiger partial charge in [0.1, 0.15) is 0 Å². The smallest absolute Gasteiger partial charge is 0.0201 e. The molecule has 4 atom stereocenters. The van der Waals surface area contributed by atoms with E-state index < -0.39 is 0 Å². The molecule has 2 aliphatic heterocycles. The average molecular weight is 397 g/mol. The normalized spacial score (nSPS) is 31.7. The molecule has 0 amide bonds. The van der Waals surface area contributed by atoms with E-state index >= 15 is 0 Å². The Morgan fingerprint density at radius 1 is 0.429 bits per heavy atom. The van der Waals surface area contributed by atoms with Gasteiger partial charge in [-0.3, -0.25) is 19.6 Å². The summed E-state index contributed by atoms with van der Waals surface area (Å²) in [4.78, 5) is 10.5. The van der Waals surface area contributed by atoms with Crippen LogP contribution in [0.15, 0.2) is 0 Å². The Hall–Kier alpha value is -0.160. The predicted molar refractivity (Wildman–Crippen MR) is 125 cm³/mol. The second kappa shape index (κ2) is 11.3. The monoisotopic (exact) mass is 396 g/mol. The minimum absolute atomic E-state index is 0.675. The zero-order valence-electron chi connectivity index (χ0n) is 21.2. The summed E-state index contributed by atoms with van der Waals surface area (Å²) in [5.41, 5.74) is 0.